The Morgan fingerprint density at radius 2 is 1.94 bits per heavy atom. The predicted molar refractivity (Wildman–Crippen MR) is 130 cm³/mol. The molecule has 0 bridgehead atoms. The van der Waals surface area contributed by atoms with Crippen molar-refractivity contribution < 1.29 is 9.90 Å². The Labute approximate surface area is 196 Å². The van der Waals surface area contributed by atoms with Crippen LogP contribution < -0.4 is 5.32 Å². The van der Waals surface area contributed by atoms with Gasteiger partial charge in [-0.25, -0.2) is 9.97 Å². The normalized spacial score (nSPS) is 13.6. The summed E-state index contributed by atoms with van der Waals surface area (Å²) < 4.78 is 1.93. The third-order valence-electron chi connectivity index (χ3n) is 5.92. The Morgan fingerprint density at radius 1 is 1.09 bits per heavy atom. The van der Waals surface area contributed by atoms with Gasteiger partial charge in [0, 0.05) is 53.9 Å². The van der Waals surface area contributed by atoms with E-state index in [1.54, 1.807) is 0 Å². The summed E-state index contributed by atoms with van der Waals surface area (Å²) in [4.78, 5) is 23.8. The number of nitrogens with zero attached hydrogens (tertiary/aromatic N) is 4. The quantitative estimate of drug-likeness (QED) is 0.439. The molecule has 0 unspecified atom stereocenters. The summed E-state index contributed by atoms with van der Waals surface area (Å²) >= 11 is 6.13. The van der Waals surface area contributed by atoms with Gasteiger partial charge in [-0.05, 0) is 61.2 Å². The van der Waals surface area contributed by atoms with E-state index >= 15 is 0 Å². The van der Waals surface area contributed by atoms with E-state index in [4.69, 9.17) is 11.6 Å². The van der Waals surface area contributed by atoms with Gasteiger partial charge in [0.05, 0.1) is 11.1 Å². The highest BCUT2D eigenvalue weighted by molar-refractivity contribution is 6.30. The van der Waals surface area contributed by atoms with Crippen LogP contribution in [-0.4, -0.2) is 50.1 Å². The maximum atomic E-state index is 13.1. The van der Waals surface area contributed by atoms with Gasteiger partial charge >= 0.3 is 0 Å². The predicted octanol–water partition coefficient (Wildman–Crippen LogP) is 4.59. The van der Waals surface area contributed by atoms with E-state index in [2.05, 4.69) is 15.3 Å². The molecule has 8 heteroatoms. The molecule has 0 aliphatic carbocycles. The summed E-state index contributed by atoms with van der Waals surface area (Å²) in [6.45, 7) is 1.56. The van der Waals surface area contributed by atoms with Gasteiger partial charge in [-0.3, -0.25) is 4.79 Å². The van der Waals surface area contributed by atoms with E-state index in [0.717, 1.165) is 53.8 Å². The van der Waals surface area contributed by atoms with Crippen molar-refractivity contribution in [2.24, 2.45) is 0 Å². The van der Waals surface area contributed by atoms with E-state index in [1.807, 2.05) is 64.3 Å². The summed E-state index contributed by atoms with van der Waals surface area (Å²) in [5, 5.41) is 14.3. The SMILES string of the molecule is O=C(c1cn(-c2ccc3ncnc(Nc4cccc(Cl)c4)c3c2)cc1CCO)N1CCCC1. The molecule has 0 spiro atoms. The first-order chi connectivity index (χ1) is 16.1. The fraction of sp³-hybridized carbons (Fsp3) is 0.240. The van der Waals surface area contributed by atoms with Crippen molar-refractivity contribution in [2.75, 3.05) is 25.0 Å². The summed E-state index contributed by atoms with van der Waals surface area (Å²) in [5.41, 5.74) is 4.00. The van der Waals surface area contributed by atoms with Crippen LogP contribution in [0.4, 0.5) is 11.5 Å². The van der Waals surface area contributed by atoms with Gasteiger partial charge in [-0.15, -0.1) is 0 Å². The first-order valence-corrected chi connectivity index (χ1v) is 11.4. The van der Waals surface area contributed by atoms with Gasteiger partial charge in [0.2, 0.25) is 0 Å². The largest absolute Gasteiger partial charge is 0.396 e. The Hall–Kier alpha value is -3.42. The molecule has 7 nitrogen and oxygen atoms in total. The highest BCUT2D eigenvalue weighted by Crippen LogP contribution is 2.28. The van der Waals surface area contributed by atoms with Gasteiger partial charge in [-0.1, -0.05) is 17.7 Å². The van der Waals surface area contributed by atoms with Crippen LogP contribution in [0.1, 0.15) is 28.8 Å². The van der Waals surface area contributed by atoms with Crippen molar-refractivity contribution in [3.8, 4) is 5.69 Å². The molecule has 0 atom stereocenters. The molecule has 33 heavy (non-hydrogen) atoms. The van der Waals surface area contributed by atoms with E-state index in [1.165, 1.54) is 6.33 Å². The van der Waals surface area contributed by atoms with Gasteiger partial charge in [-0.2, -0.15) is 0 Å². The monoisotopic (exact) mass is 461 g/mol. The lowest BCUT2D eigenvalue weighted by atomic mass is 10.1. The third kappa shape index (κ3) is 4.42. The maximum absolute atomic E-state index is 13.1. The molecule has 1 aliphatic rings. The summed E-state index contributed by atoms with van der Waals surface area (Å²) in [6.07, 6.45) is 7.82. The molecule has 3 heterocycles. The standard InChI is InChI=1S/C25H24ClN5O2/c26-18-4-3-5-19(12-18)29-24-21-13-20(6-7-23(21)27-16-28-24)31-14-17(8-11-32)22(15-31)25(33)30-9-1-2-10-30/h3-7,12-16,32H,1-2,8-11H2,(H,27,28,29). The number of aliphatic hydroxyl groups is 1. The fourth-order valence-corrected chi connectivity index (χ4v) is 4.45. The lowest BCUT2D eigenvalue weighted by molar-refractivity contribution is 0.0791. The number of halogens is 1. The Morgan fingerprint density at radius 3 is 2.73 bits per heavy atom. The molecule has 2 N–H and O–H groups in total. The van der Waals surface area contributed by atoms with Gasteiger partial charge in [0.15, 0.2) is 0 Å². The molecule has 0 saturated carbocycles. The highest BCUT2D eigenvalue weighted by Gasteiger charge is 2.23. The Balaban J connectivity index is 1.53. The molecule has 5 rings (SSSR count). The zero-order chi connectivity index (χ0) is 22.8. The van der Waals surface area contributed by atoms with E-state index < -0.39 is 0 Å². The number of benzene rings is 2. The average molecular weight is 462 g/mol. The zero-order valence-electron chi connectivity index (χ0n) is 18.0. The number of amides is 1. The van der Waals surface area contributed by atoms with Crippen LogP contribution in [0.2, 0.25) is 5.02 Å². The minimum Gasteiger partial charge on any atom is -0.396 e. The van der Waals surface area contributed by atoms with Gasteiger partial charge in [0.1, 0.15) is 12.1 Å². The van der Waals surface area contributed by atoms with E-state index in [-0.39, 0.29) is 12.5 Å². The first-order valence-electron chi connectivity index (χ1n) is 11.0. The minimum absolute atomic E-state index is 0.0104. The lowest BCUT2D eigenvalue weighted by Crippen LogP contribution is -2.28. The number of aromatic nitrogens is 3. The third-order valence-corrected chi connectivity index (χ3v) is 6.15. The number of hydrogen-bond acceptors (Lipinski definition) is 5. The van der Waals surface area contributed by atoms with Crippen LogP contribution in [0.3, 0.4) is 0 Å². The molecular weight excluding hydrogens is 438 g/mol. The van der Waals surface area contributed by atoms with Crippen molar-refractivity contribution in [1.29, 1.82) is 0 Å². The second-order valence-electron chi connectivity index (χ2n) is 8.14. The van der Waals surface area contributed by atoms with Crippen molar-refractivity contribution in [1.82, 2.24) is 19.4 Å². The van der Waals surface area contributed by atoms with Crippen LogP contribution in [-0.2, 0) is 6.42 Å². The van der Waals surface area contributed by atoms with Crippen LogP contribution in [0.25, 0.3) is 16.6 Å². The molecule has 1 saturated heterocycles. The average Bonchev–Trinajstić information content (AvgIpc) is 3.50. The number of fused-ring (bicyclic) bond motifs is 1. The van der Waals surface area contributed by atoms with E-state index in [0.29, 0.717) is 22.8 Å². The molecule has 1 amide bonds. The lowest BCUT2D eigenvalue weighted by Gasteiger charge is -2.15. The summed E-state index contributed by atoms with van der Waals surface area (Å²) in [6, 6.07) is 13.3. The second-order valence-corrected chi connectivity index (χ2v) is 8.57. The highest BCUT2D eigenvalue weighted by atomic mass is 35.5. The molecule has 4 aromatic rings. The topological polar surface area (TPSA) is 83.3 Å². The van der Waals surface area contributed by atoms with Crippen molar-refractivity contribution >= 4 is 39.9 Å². The van der Waals surface area contributed by atoms with Crippen LogP contribution in [0.5, 0.6) is 0 Å². The first kappa shape index (κ1) is 21.4. The van der Waals surface area contributed by atoms with Crippen molar-refractivity contribution in [3.05, 3.63) is 77.3 Å². The molecule has 2 aromatic heterocycles. The maximum Gasteiger partial charge on any atom is 0.255 e. The van der Waals surface area contributed by atoms with Crippen molar-refractivity contribution in [3.63, 3.8) is 0 Å². The smallest absolute Gasteiger partial charge is 0.255 e. The van der Waals surface area contributed by atoms with E-state index in [9.17, 15) is 9.90 Å². The molecular formula is C25H24ClN5O2. The number of anilines is 2. The van der Waals surface area contributed by atoms with Gasteiger partial charge in [0.25, 0.3) is 5.91 Å². The number of nitrogens with one attached hydrogen (secondary N) is 1. The molecule has 1 fully saturated rings. The number of carbonyl (C=O) groups excluding carboxylic acids is 1. The molecule has 2 aromatic carbocycles. The Kier molecular flexibility index (Phi) is 5.98. The van der Waals surface area contributed by atoms with Crippen LogP contribution in [0.15, 0.2) is 61.2 Å². The summed E-state index contributed by atoms with van der Waals surface area (Å²) in [5.74, 6) is 0.697. The van der Waals surface area contributed by atoms with Crippen LogP contribution >= 0.6 is 11.6 Å². The van der Waals surface area contributed by atoms with Gasteiger partial charge < -0.3 is 19.9 Å². The number of carbonyl (C=O) groups is 1. The number of aliphatic hydroxyl groups excluding tert-OH is 1. The number of hydrogen-bond donors (Lipinski definition) is 2. The Bertz CT molecular complexity index is 1310. The minimum atomic E-state index is -0.0104. The fourth-order valence-electron chi connectivity index (χ4n) is 4.26. The van der Waals surface area contributed by atoms with Crippen LogP contribution in [0, 0.1) is 0 Å². The molecule has 0 radical (unpaired) electrons. The zero-order valence-corrected chi connectivity index (χ0v) is 18.8. The number of rotatable bonds is 6. The second kappa shape index (κ2) is 9.21. The van der Waals surface area contributed by atoms with Crippen molar-refractivity contribution in [2.45, 2.75) is 19.3 Å². The molecule has 1 aliphatic heterocycles. The number of likely N-dealkylation sites (tertiary alicyclic amines) is 1. The summed E-state index contributed by atoms with van der Waals surface area (Å²) in [7, 11) is 0. The molecule has 168 valence electrons.